The second kappa shape index (κ2) is 5.72. The Labute approximate surface area is 128 Å². The largest absolute Gasteiger partial charge is 0.419 e. The zero-order chi connectivity index (χ0) is 17.6. The number of ether oxygens (including phenoxy) is 3. The predicted octanol–water partition coefficient (Wildman–Crippen LogP) is 3.08. The third-order valence-corrected chi connectivity index (χ3v) is 3.33. The molecule has 23 heavy (non-hydrogen) atoms. The van der Waals surface area contributed by atoms with E-state index in [1.165, 1.54) is 6.92 Å². The first-order valence-electron chi connectivity index (χ1n) is 6.50. The van der Waals surface area contributed by atoms with E-state index in [0.717, 1.165) is 0 Å². The summed E-state index contributed by atoms with van der Waals surface area (Å²) in [4.78, 5) is 12.1. The average molecular weight is 340 g/mol. The van der Waals surface area contributed by atoms with Crippen LogP contribution in [0.1, 0.15) is 20.8 Å². The van der Waals surface area contributed by atoms with E-state index < -0.39 is 52.0 Å². The van der Waals surface area contributed by atoms with Gasteiger partial charge in [-0.1, -0.05) is 0 Å². The Morgan fingerprint density at radius 2 is 1.26 bits per heavy atom. The first kappa shape index (κ1) is 17.6. The van der Waals surface area contributed by atoms with Crippen molar-refractivity contribution < 1.29 is 41.0 Å². The van der Waals surface area contributed by atoms with E-state index in [2.05, 4.69) is 4.74 Å². The van der Waals surface area contributed by atoms with E-state index in [4.69, 9.17) is 9.47 Å². The molecule has 0 bridgehead atoms. The maximum Gasteiger partial charge on any atom is 0.322 e. The van der Waals surface area contributed by atoms with Gasteiger partial charge in [0.1, 0.15) is 5.41 Å². The summed E-state index contributed by atoms with van der Waals surface area (Å²) in [6.45, 7) is 4.06. The van der Waals surface area contributed by atoms with Crippen LogP contribution in [0.5, 0.6) is 5.75 Å². The number of hydrogen-bond acceptors (Lipinski definition) is 4. The summed E-state index contributed by atoms with van der Waals surface area (Å²) in [6.07, 6.45) is 0. The third kappa shape index (κ3) is 3.16. The lowest BCUT2D eigenvalue weighted by Crippen LogP contribution is -2.50. The zero-order valence-electron chi connectivity index (χ0n) is 12.4. The van der Waals surface area contributed by atoms with Crippen molar-refractivity contribution in [3.05, 3.63) is 29.1 Å². The van der Waals surface area contributed by atoms with Gasteiger partial charge in [0.15, 0.2) is 5.79 Å². The van der Waals surface area contributed by atoms with Crippen molar-refractivity contribution in [3.8, 4) is 5.75 Å². The van der Waals surface area contributed by atoms with Crippen LogP contribution in [0, 0.1) is 34.5 Å². The summed E-state index contributed by atoms with van der Waals surface area (Å²) in [6, 6.07) is 0. The summed E-state index contributed by atoms with van der Waals surface area (Å²) in [5.41, 5.74) is -1.46. The highest BCUT2D eigenvalue weighted by atomic mass is 19.2. The van der Waals surface area contributed by atoms with Crippen molar-refractivity contribution >= 4 is 5.97 Å². The lowest BCUT2D eigenvalue weighted by molar-refractivity contribution is -0.279. The molecule has 9 heteroatoms. The highest BCUT2D eigenvalue weighted by molar-refractivity contribution is 5.79. The fourth-order valence-corrected chi connectivity index (χ4v) is 1.76. The van der Waals surface area contributed by atoms with Crippen molar-refractivity contribution in [1.29, 1.82) is 0 Å². The molecule has 0 atom stereocenters. The Hall–Kier alpha value is -1.74. The van der Waals surface area contributed by atoms with Crippen LogP contribution < -0.4 is 4.74 Å². The quantitative estimate of drug-likeness (QED) is 0.273. The summed E-state index contributed by atoms with van der Waals surface area (Å²) in [5.74, 6) is -15.0. The lowest BCUT2D eigenvalue weighted by Gasteiger charge is -2.39. The van der Waals surface area contributed by atoms with Crippen LogP contribution in [0.15, 0.2) is 0 Å². The Bertz CT molecular complexity index is 620. The van der Waals surface area contributed by atoms with E-state index in [1.54, 1.807) is 13.8 Å². The molecule has 1 fully saturated rings. The molecule has 0 aromatic heterocycles. The Kier molecular flexibility index (Phi) is 4.38. The lowest BCUT2D eigenvalue weighted by atomic mass is 9.92. The van der Waals surface area contributed by atoms with Crippen LogP contribution in [0.4, 0.5) is 22.0 Å². The van der Waals surface area contributed by atoms with E-state index in [9.17, 15) is 26.7 Å². The average Bonchev–Trinajstić information content (AvgIpc) is 2.50. The Balaban J connectivity index is 2.28. The van der Waals surface area contributed by atoms with Gasteiger partial charge in [-0.2, -0.15) is 8.78 Å². The van der Waals surface area contributed by atoms with Gasteiger partial charge in [-0.3, -0.25) is 4.79 Å². The molecule has 0 amide bonds. The molecular formula is C14H13F5O4. The Morgan fingerprint density at radius 3 is 1.70 bits per heavy atom. The smallest absolute Gasteiger partial charge is 0.322 e. The summed E-state index contributed by atoms with van der Waals surface area (Å²) < 4.78 is 81.1. The molecule has 1 aromatic carbocycles. The molecule has 1 saturated heterocycles. The topological polar surface area (TPSA) is 44.8 Å². The minimum atomic E-state index is -2.34. The van der Waals surface area contributed by atoms with Crippen molar-refractivity contribution in [2.24, 2.45) is 5.41 Å². The molecule has 0 saturated carbocycles. The van der Waals surface area contributed by atoms with Crippen LogP contribution in [0.3, 0.4) is 0 Å². The number of rotatable bonds is 2. The number of esters is 1. The minimum absolute atomic E-state index is 0.214. The number of carbonyl (C=O) groups excluding carboxylic acids is 1. The van der Waals surface area contributed by atoms with Crippen molar-refractivity contribution in [2.75, 3.05) is 13.2 Å². The van der Waals surface area contributed by atoms with Crippen LogP contribution >= 0.6 is 0 Å². The molecular weight excluding hydrogens is 327 g/mol. The van der Waals surface area contributed by atoms with Crippen LogP contribution in [-0.4, -0.2) is 25.0 Å². The highest BCUT2D eigenvalue weighted by Crippen LogP contribution is 2.34. The van der Waals surface area contributed by atoms with Gasteiger partial charge in [0.25, 0.3) is 0 Å². The first-order chi connectivity index (χ1) is 10.5. The Morgan fingerprint density at radius 1 is 0.870 bits per heavy atom. The summed E-state index contributed by atoms with van der Waals surface area (Å²) in [5, 5.41) is 0. The molecule has 2 rings (SSSR count). The van der Waals surface area contributed by atoms with Gasteiger partial charge >= 0.3 is 5.97 Å². The van der Waals surface area contributed by atoms with E-state index in [1.807, 2.05) is 0 Å². The molecule has 0 radical (unpaired) electrons. The zero-order valence-corrected chi connectivity index (χ0v) is 12.4. The van der Waals surface area contributed by atoms with E-state index >= 15 is 0 Å². The second-order valence-corrected chi connectivity index (χ2v) is 5.83. The van der Waals surface area contributed by atoms with Gasteiger partial charge in [0.05, 0.1) is 13.2 Å². The molecule has 128 valence electrons. The summed E-state index contributed by atoms with van der Waals surface area (Å²) >= 11 is 0. The number of hydrogen-bond donors (Lipinski definition) is 0. The van der Waals surface area contributed by atoms with Gasteiger partial charge in [-0.15, -0.1) is 0 Å². The first-order valence-corrected chi connectivity index (χ1v) is 6.50. The predicted molar refractivity (Wildman–Crippen MR) is 66.0 cm³/mol. The molecule has 1 aromatic rings. The maximum absolute atomic E-state index is 13.5. The molecule has 0 N–H and O–H groups in total. The molecule has 0 aliphatic carbocycles. The van der Waals surface area contributed by atoms with Crippen molar-refractivity contribution in [3.63, 3.8) is 0 Å². The molecule has 4 nitrogen and oxygen atoms in total. The van der Waals surface area contributed by atoms with Gasteiger partial charge in [0.2, 0.25) is 34.8 Å². The number of carbonyl (C=O) groups is 1. The monoisotopic (exact) mass is 340 g/mol. The molecule has 1 aliphatic rings. The highest BCUT2D eigenvalue weighted by Gasteiger charge is 2.44. The fourth-order valence-electron chi connectivity index (χ4n) is 1.76. The minimum Gasteiger partial charge on any atom is -0.419 e. The van der Waals surface area contributed by atoms with Crippen LogP contribution in [0.2, 0.25) is 0 Å². The van der Waals surface area contributed by atoms with Gasteiger partial charge in [-0.05, 0) is 20.8 Å². The van der Waals surface area contributed by atoms with Crippen LogP contribution in [0.25, 0.3) is 0 Å². The normalized spacial score (nSPS) is 19.5. The molecule has 1 heterocycles. The van der Waals surface area contributed by atoms with Crippen molar-refractivity contribution in [2.45, 2.75) is 26.6 Å². The number of benzene rings is 1. The maximum atomic E-state index is 13.5. The van der Waals surface area contributed by atoms with E-state index in [0.29, 0.717) is 0 Å². The second-order valence-electron chi connectivity index (χ2n) is 5.83. The molecule has 1 aliphatic heterocycles. The van der Waals surface area contributed by atoms with Gasteiger partial charge < -0.3 is 14.2 Å². The SMILES string of the molecule is CC1(C)OCC(C)(C(=O)Oc2c(F)c(F)c(F)c(F)c2F)CO1. The van der Waals surface area contributed by atoms with Crippen molar-refractivity contribution in [1.82, 2.24) is 0 Å². The standard InChI is InChI=1S/C14H13F5O4/c1-13(2)21-4-14(3,5-22-13)12(20)23-11-9(18)7(16)6(15)8(17)10(11)19/h4-5H2,1-3H3. The van der Waals surface area contributed by atoms with Gasteiger partial charge in [-0.25, -0.2) is 13.2 Å². The summed E-state index contributed by atoms with van der Waals surface area (Å²) in [7, 11) is 0. The third-order valence-electron chi connectivity index (χ3n) is 3.33. The van der Waals surface area contributed by atoms with E-state index in [-0.39, 0.29) is 13.2 Å². The van der Waals surface area contributed by atoms with Crippen LogP contribution in [-0.2, 0) is 14.3 Å². The number of halogens is 5. The fraction of sp³-hybridized carbons (Fsp3) is 0.500. The van der Waals surface area contributed by atoms with Gasteiger partial charge in [0, 0.05) is 0 Å². The molecule has 0 unspecified atom stereocenters. The molecule has 0 spiro atoms.